The molecule has 0 aliphatic carbocycles. The van der Waals surface area contributed by atoms with E-state index in [2.05, 4.69) is 20.6 Å². The second-order valence-electron chi connectivity index (χ2n) is 1.02. The summed E-state index contributed by atoms with van der Waals surface area (Å²) in [5.41, 5.74) is 1.75. The largest absolute Gasteiger partial charge is 0.290 e. The van der Waals surface area contributed by atoms with Crippen LogP contribution in [0.25, 0.3) is 0 Å². The Bertz CT molecular complexity index is 152. The minimum absolute atomic E-state index is 0.181. The first-order valence-corrected chi connectivity index (χ1v) is 1.84. The van der Waals surface area contributed by atoms with Gasteiger partial charge in [-0.3, -0.25) is 5.21 Å². The van der Waals surface area contributed by atoms with Crippen LogP contribution in [0.3, 0.4) is 0 Å². The van der Waals surface area contributed by atoms with Crippen LogP contribution < -0.4 is 5.48 Å². The molecule has 0 spiro atoms. The molecular weight excluding hydrogens is 110 g/mol. The van der Waals surface area contributed by atoms with Gasteiger partial charge in [0.25, 0.3) is 0 Å². The van der Waals surface area contributed by atoms with E-state index in [0.29, 0.717) is 0 Å². The highest BCUT2D eigenvalue weighted by Gasteiger charge is 1.85. The zero-order chi connectivity index (χ0) is 5.82. The number of nitrogens with one attached hydrogen (secondary N) is 1. The number of anilines is 1. The highest BCUT2D eigenvalue weighted by atomic mass is 16.5. The summed E-state index contributed by atoms with van der Waals surface area (Å²) in [7, 11) is 0. The Morgan fingerprint density at radius 2 is 2.38 bits per heavy atom. The van der Waals surface area contributed by atoms with Crippen molar-refractivity contribution in [2.75, 3.05) is 5.48 Å². The molecule has 0 saturated heterocycles. The second kappa shape index (κ2) is 2.12. The molecule has 42 valence electrons. The van der Waals surface area contributed by atoms with Gasteiger partial charge in [-0.1, -0.05) is 0 Å². The lowest BCUT2D eigenvalue weighted by Gasteiger charge is -1.88. The fourth-order valence-electron chi connectivity index (χ4n) is 0.249. The van der Waals surface area contributed by atoms with Crippen molar-refractivity contribution in [3.8, 4) is 0 Å². The summed E-state index contributed by atoms with van der Waals surface area (Å²) in [5, 5.41) is 21.0. The van der Waals surface area contributed by atoms with E-state index in [4.69, 9.17) is 5.21 Å². The van der Waals surface area contributed by atoms with E-state index in [1.165, 1.54) is 6.20 Å². The molecule has 0 unspecified atom stereocenters. The Balaban J connectivity index is 2.83. The van der Waals surface area contributed by atoms with Gasteiger partial charge in [-0.05, 0) is 10.4 Å². The molecule has 0 aliphatic rings. The van der Waals surface area contributed by atoms with Crippen molar-refractivity contribution < 1.29 is 5.21 Å². The van der Waals surface area contributed by atoms with E-state index >= 15 is 0 Å². The zero-order valence-corrected chi connectivity index (χ0v) is 3.81. The van der Waals surface area contributed by atoms with E-state index in [0.717, 1.165) is 0 Å². The van der Waals surface area contributed by atoms with E-state index in [9.17, 15) is 0 Å². The van der Waals surface area contributed by atoms with Gasteiger partial charge in [0.1, 0.15) is 0 Å². The van der Waals surface area contributed by atoms with Crippen LogP contribution in [0.5, 0.6) is 0 Å². The van der Waals surface area contributed by atoms with Crippen molar-refractivity contribution >= 4 is 5.82 Å². The molecule has 1 heterocycles. The van der Waals surface area contributed by atoms with Gasteiger partial charge in [-0.2, -0.15) is 0 Å². The van der Waals surface area contributed by atoms with Crippen molar-refractivity contribution in [1.82, 2.24) is 20.6 Å². The standard InChI is InChI=1S/C2H3N5O/c8-5-2-1-3-6-7-4-2/h1,8H,(H,4,5,6). The summed E-state index contributed by atoms with van der Waals surface area (Å²) in [4.78, 5) is 0. The fourth-order valence-corrected chi connectivity index (χ4v) is 0.249. The first-order valence-electron chi connectivity index (χ1n) is 1.84. The zero-order valence-electron chi connectivity index (χ0n) is 3.81. The highest BCUT2D eigenvalue weighted by Crippen LogP contribution is 1.87. The van der Waals surface area contributed by atoms with Gasteiger partial charge in [-0.15, -0.1) is 10.2 Å². The van der Waals surface area contributed by atoms with Crippen LogP contribution in [0, 0.1) is 0 Å². The number of rotatable bonds is 1. The quantitative estimate of drug-likeness (QED) is 0.457. The molecule has 0 saturated carbocycles. The summed E-state index contributed by atoms with van der Waals surface area (Å²) >= 11 is 0. The summed E-state index contributed by atoms with van der Waals surface area (Å²) in [6.07, 6.45) is 1.24. The SMILES string of the molecule is ONc1cnnnn1. The molecule has 0 fully saturated rings. The number of nitrogens with zero attached hydrogens (tertiary/aromatic N) is 4. The molecule has 0 aromatic carbocycles. The van der Waals surface area contributed by atoms with Crippen LogP contribution in [0.1, 0.15) is 0 Å². The average Bonchev–Trinajstić information content (AvgIpc) is 1.90. The predicted molar refractivity (Wildman–Crippen MR) is 23.0 cm³/mol. The number of hydrogen-bond donors (Lipinski definition) is 2. The Labute approximate surface area is 44.5 Å². The van der Waals surface area contributed by atoms with Crippen molar-refractivity contribution in [3.05, 3.63) is 6.20 Å². The van der Waals surface area contributed by atoms with Crippen molar-refractivity contribution in [3.63, 3.8) is 0 Å². The van der Waals surface area contributed by atoms with Gasteiger partial charge < -0.3 is 0 Å². The first-order chi connectivity index (χ1) is 3.93. The molecule has 0 bridgehead atoms. The van der Waals surface area contributed by atoms with E-state index in [-0.39, 0.29) is 5.82 Å². The van der Waals surface area contributed by atoms with Crippen LogP contribution >= 0.6 is 0 Å². The Kier molecular flexibility index (Phi) is 1.29. The molecule has 8 heavy (non-hydrogen) atoms. The van der Waals surface area contributed by atoms with Gasteiger partial charge in [0.2, 0.25) is 0 Å². The molecule has 0 aliphatic heterocycles. The van der Waals surface area contributed by atoms with E-state index in [1.807, 2.05) is 0 Å². The molecule has 0 amide bonds. The third kappa shape index (κ3) is 0.850. The normalized spacial score (nSPS) is 8.62. The maximum absolute atomic E-state index is 8.12. The summed E-state index contributed by atoms with van der Waals surface area (Å²) in [5.74, 6) is 0.181. The fraction of sp³-hybridized carbons (Fsp3) is 0. The van der Waals surface area contributed by atoms with E-state index in [1.54, 1.807) is 5.48 Å². The van der Waals surface area contributed by atoms with Crippen molar-refractivity contribution in [2.45, 2.75) is 0 Å². The van der Waals surface area contributed by atoms with Crippen LogP contribution in [0.4, 0.5) is 5.82 Å². The monoisotopic (exact) mass is 113 g/mol. The lowest BCUT2D eigenvalue weighted by atomic mass is 10.8. The molecule has 0 radical (unpaired) electrons. The molecule has 1 aromatic rings. The molecular formula is C2H3N5O. The van der Waals surface area contributed by atoms with Gasteiger partial charge in [0.05, 0.1) is 6.20 Å². The minimum Gasteiger partial charge on any atom is -0.290 e. The van der Waals surface area contributed by atoms with E-state index < -0.39 is 0 Å². The molecule has 2 N–H and O–H groups in total. The Hall–Kier alpha value is -1.30. The minimum atomic E-state index is 0.181. The number of aromatic nitrogens is 4. The Morgan fingerprint density at radius 1 is 1.50 bits per heavy atom. The maximum Gasteiger partial charge on any atom is 0.194 e. The summed E-state index contributed by atoms with van der Waals surface area (Å²) < 4.78 is 0. The smallest absolute Gasteiger partial charge is 0.194 e. The predicted octanol–water partition coefficient (Wildman–Crippen LogP) is -0.932. The van der Waals surface area contributed by atoms with Gasteiger partial charge in [0.15, 0.2) is 5.82 Å². The third-order valence-corrected chi connectivity index (χ3v) is 0.539. The van der Waals surface area contributed by atoms with Gasteiger partial charge in [-0.25, -0.2) is 5.48 Å². The van der Waals surface area contributed by atoms with Crippen LogP contribution in [0.15, 0.2) is 6.20 Å². The molecule has 6 heteroatoms. The first kappa shape index (κ1) is 4.85. The average molecular weight is 113 g/mol. The second-order valence-corrected chi connectivity index (χ2v) is 1.02. The third-order valence-electron chi connectivity index (χ3n) is 0.539. The molecule has 6 nitrogen and oxygen atoms in total. The van der Waals surface area contributed by atoms with Crippen LogP contribution in [-0.2, 0) is 0 Å². The maximum atomic E-state index is 8.12. The highest BCUT2D eigenvalue weighted by molar-refractivity contribution is 5.22. The Morgan fingerprint density at radius 3 is 2.75 bits per heavy atom. The lowest BCUT2D eigenvalue weighted by molar-refractivity contribution is 0.383. The van der Waals surface area contributed by atoms with Crippen LogP contribution in [0.2, 0.25) is 0 Å². The van der Waals surface area contributed by atoms with Crippen molar-refractivity contribution in [2.24, 2.45) is 0 Å². The summed E-state index contributed by atoms with van der Waals surface area (Å²) in [6, 6.07) is 0. The summed E-state index contributed by atoms with van der Waals surface area (Å²) in [6.45, 7) is 0. The van der Waals surface area contributed by atoms with Crippen molar-refractivity contribution in [1.29, 1.82) is 0 Å². The number of hydrogen-bond acceptors (Lipinski definition) is 6. The topological polar surface area (TPSA) is 83.8 Å². The molecule has 1 rings (SSSR count). The molecule has 0 atom stereocenters. The van der Waals surface area contributed by atoms with Gasteiger partial charge in [0, 0.05) is 0 Å². The molecule has 1 aromatic heterocycles. The van der Waals surface area contributed by atoms with Gasteiger partial charge >= 0.3 is 0 Å². The lowest BCUT2D eigenvalue weighted by Crippen LogP contribution is -1.97. The van der Waals surface area contributed by atoms with Crippen LogP contribution in [-0.4, -0.2) is 25.8 Å².